The number of amides is 1. The molecule has 1 amide bonds. The highest BCUT2D eigenvalue weighted by molar-refractivity contribution is 7.89. The van der Waals surface area contributed by atoms with E-state index in [1.165, 1.54) is 46.8 Å². The summed E-state index contributed by atoms with van der Waals surface area (Å²) >= 11 is 0. The highest BCUT2D eigenvalue weighted by Crippen LogP contribution is 2.33. The molecule has 1 aliphatic heterocycles. The molecule has 10 heteroatoms. The van der Waals surface area contributed by atoms with E-state index in [9.17, 15) is 17.6 Å². The molecule has 3 rings (SSSR count). The molecular formula is C23H29FN2O6S. The van der Waals surface area contributed by atoms with Crippen LogP contribution in [0.4, 0.5) is 10.1 Å². The summed E-state index contributed by atoms with van der Waals surface area (Å²) in [5.74, 6) is -0.295. The van der Waals surface area contributed by atoms with E-state index in [1.54, 1.807) is 6.92 Å². The number of hydrogen-bond donors (Lipinski definition) is 1. The van der Waals surface area contributed by atoms with Crippen molar-refractivity contribution in [1.29, 1.82) is 0 Å². The maximum atomic E-state index is 13.2. The number of unbranched alkanes of at least 4 members (excludes halogenated alkanes) is 1. The van der Waals surface area contributed by atoms with Crippen LogP contribution in [0.3, 0.4) is 0 Å². The van der Waals surface area contributed by atoms with E-state index in [0.717, 1.165) is 12.8 Å². The molecule has 1 fully saturated rings. The van der Waals surface area contributed by atoms with Crippen LogP contribution in [0.25, 0.3) is 0 Å². The fourth-order valence-corrected chi connectivity index (χ4v) is 4.57. The van der Waals surface area contributed by atoms with Gasteiger partial charge in [-0.25, -0.2) is 12.8 Å². The summed E-state index contributed by atoms with van der Waals surface area (Å²) in [4.78, 5) is 12.7. The van der Waals surface area contributed by atoms with Crippen molar-refractivity contribution in [3.8, 4) is 11.5 Å². The van der Waals surface area contributed by atoms with Crippen LogP contribution >= 0.6 is 0 Å². The normalized spacial score (nSPS) is 15.7. The lowest BCUT2D eigenvalue weighted by atomic mass is 10.2. The average Bonchev–Trinajstić information content (AvgIpc) is 2.82. The van der Waals surface area contributed by atoms with Gasteiger partial charge in [0.25, 0.3) is 5.91 Å². The molecule has 0 aromatic heterocycles. The van der Waals surface area contributed by atoms with E-state index in [0.29, 0.717) is 25.6 Å². The van der Waals surface area contributed by atoms with Gasteiger partial charge in [-0.1, -0.05) is 13.3 Å². The first-order valence-corrected chi connectivity index (χ1v) is 12.3. The Balaban J connectivity index is 1.88. The summed E-state index contributed by atoms with van der Waals surface area (Å²) in [5.41, 5.74) is 0.171. The number of ether oxygens (including phenoxy) is 3. The van der Waals surface area contributed by atoms with E-state index < -0.39 is 27.9 Å². The minimum Gasteiger partial charge on any atom is -0.455 e. The van der Waals surface area contributed by atoms with Gasteiger partial charge in [-0.3, -0.25) is 4.79 Å². The fraction of sp³-hybridized carbons (Fsp3) is 0.435. The Morgan fingerprint density at radius 3 is 2.55 bits per heavy atom. The van der Waals surface area contributed by atoms with E-state index in [1.807, 2.05) is 6.92 Å². The van der Waals surface area contributed by atoms with Crippen LogP contribution in [0.5, 0.6) is 11.5 Å². The highest BCUT2D eigenvalue weighted by Gasteiger charge is 2.28. The van der Waals surface area contributed by atoms with Crippen LogP contribution in [-0.4, -0.2) is 57.6 Å². The van der Waals surface area contributed by atoms with Gasteiger partial charge in [0.1, 0.15) is 17.7 Å². The van der Waals surface area contributed by atoms with E-state index in [4.69, 9.17) is 14.2 Å². The van der Waals surface area contributed by atoms with Gasteiger partial charge in [-0.15, -0.1) is 0 Å². The molecule has 2 aromatic rings. The van der Waals surface area contributed by atoms with Crippen molar-refractivity contribution in [3.05, 3.63) is 48.3 Å². The molecule has 1 heterocycles. The van der Waals surface area contributed by atoms with E-state index in [2.05, 4.69) is 5.32 Å². The maximum Gasteiger partial charge on any atom is 0.253 e. The number of carbonyl (C=O) groups excluding carboxylic acids is 1. The Bertz CT molecular complexity index is 1040. The molecular weight excluding hydrogens is 451 g/mol. The van der Waals surface area contributed by atoms with Crippen molar-refractivity contribution in [3.63, 3.8) is 0 Å². The smallest absolute Gasteiger partial charge is 0.253 e. The summed E-state index contributed by atoms with van der Waals surface area (Å²) in [5, 5.41) is 2.71. The van der Waals surface area contributed by atoms with Crippen molar-refractivity contribution in [2.24, 2.45) is 0 Å². The van der Waals surface area contributed by atoms with Crippen molar-refractivity contribution >= 4 is 21.6 Å². The fourth-order valence-electron chi connectivity index (χ4n) is 3.14. The number of nitrogens with one attached hydrogen (secondary N) is 1. The van der Waals surface area contributed by atoms with Gasteiger partial charge < -0.3 is 19.5 Å². The second kappa shape index (κ2) is 11.6. The van der Waals surface area contributed by atoms with Crippen LogP contribution < -0.4 is 10.1 Å². The first kappa shape index (κ1) is 25.1. The molecule has 180 valence electrons. The third-order valence-corrected chi connectivity index (χ3v) is 6.99. The van der Waals surface area contributed by atoms with Crippen LogP contribution in [0.1, 0.15) is 26.7 Å². The van der Waals surface area contributed by atoms with Crippen LogP contribution in [-0.2, 0) is 24.3 Å². The monoisotopic (exact) mass is 480 g/mol. The molecule has 1 N–H and O–H groups in total. The van der Waals surface area contributed by atoms with Crippen LogP contribution in [0.2, 0.25) is 0 Å². The minimum atomic E-state index is -3.79. The number of nitrogens with zero attached hydrogens (tertiary/aromatic N) is 1. The summed E-state index contributed by atoms with van der Waals surface area (Å²) in [6.45, 7) is 5.23. The first-order valence-electron chi connectivity index (χ1n) is 10.9. The number of benzene rings is 2. The first-order chi connectivity index (χ1) is 15.8. The van der Waals surface area contributed by atoms with E-state index >= 15 is 0 Å². The molecule has 1 saturated heterocycles. The third-order valence-electron chi connectivity index (χ3n) is 5.09. The molecule has 0 saturated carbocycles. The number of rotatable bonds is 10. The lowest BCUT2D eigenvalue weighted by Gasteiger charge is -2.26. The van der Waals surface area contributed by atoms with Crippen LogP contribution in [0, 0.1) is 5.82 Å². The topological polar surface area (TPSA) is 94.2 Å². The number of anilines is 1. The molecule has 0 aliphatic carbocycles. The predicted molar refractivity (Wildman–Crippen MR) is 121 cm³/mol. The lowest BCUT2D eigenvalue weighted by Crippen LogP contribution is -2.40. The molecule has 1 atom stereocenters. The second-order valence-electron chi connectivity index (χ2n) is 7.59. The lowest BCUT2D eigenvalue weighted by molar-refractivity contribution is -0.126. The van der Waals surface area contributed by atoms with E-state index in [-0.39, 0.29) is 29.4 Å². The number of halogens is 1. The zero-order chi connectivity index (χ0) is 23.8. The van der Waals surface area contributed by atoms with Gasteiger partial charge in [0.2, 0.25) is 10.0 Å². The molecule has 2 aromatic carbocycles. The highest BCUT2D eigenvalue weighted by atomic mass is 32.2. The van der Waals surface area contributed by atoms with Gasteiger partial charge in [0, 0.05) is 19.7 Å². The molecule has 33 heavy (non-hydrogen) atoms. The standard InChI is InChI=1S/C23H29FN2O6S/c1-3-4-13-31-17(2)23(27)25-21-16-20(33(28,29)26-11-14-30-15-12-26)9-10-22(21)32-19-7-5-18(24)6-8-19/h5-10,16-17H,3-4,11-15H2,1-2H3,(H,25,27). The van der Waals surface area contributed by atoms with Crippen molar-refractivity contribution in [2.75, 3.05) is 38.2 Å². The summed E-state index contributed by atoms with van der Waals surface area (Å²) in [6.07, 6.45) is 1.02. The molecule has 0 radical (unpaired) electrons. The zero-order valence-corrected chi connectivity index (χ0v) is 19.6. The Morgan fingerprint density at radius 1 is 1.18 bits per heavy atom. The summed E-state index contributed by atoms with van der Waals surface area (Å²) in [6, 6.07) is 9.62. The van der Waals surface area contributed by atoms with Gasteiger partial charge >= 0.3 is 0 Å². The number of hydrogen-bond acceptors (Lipinski definition) is 6. The molecule has 1 unspecified atom stereocenters. The average molecular weight is 481 g/mol. The third kappa shape index (κ3) is 6.73. The Morgan fingerprint density at radius 2 is 1.88 bits per heavy atom. The van der Waals surface area contributed by atoms with Gasteiger partial charge in [0.15, 0.2) is 5.75 Å². The van der Waals surface area contributed by atoms with Crippen LogP contribution in [0.15, 0.2) is 47.4 Å². The van der Waals surface area contributed by atoms with Gasteiger partial charge in [-0.05, 0) is 55.8 Å². The predicted octanol–water partition coefficient (Wildman–Crippen LogP) is 3.78. The number of morpholine rings is 1. The summed E-state index contributed by atoms with van der Waals surface area (Å²) in [7, 11) is -3.79. The molecule has 0 spiro atoms. The summed E-state index contributed by atoms with van der Waals surface area (Å²) < 4.78 is 57.4. The molecule has 1 aliphatic rings. The van der Waals surface area contributed by atoms with Crippen molar-refractivity contribution in [1.82, 2.24) is 4.31 Å². The van der Waals surface area contributed by atoms with Gasteiger partial charge in [0.05, 0.1) is 23.8 Å². The Hall–Kier alpha value is -2.53. The molecule has 0 bridgehead atoms. The zero-order valence-electron chi connectivity index (χ0n) is 18.8. The molecule has 8 nitrogen and oxygen atoms in total. The minimum absolute atomic E-state index is 0.0192. The number of carbonyl (C=O) groups is 1. The maximum absolute atomic E-state index is 13.2. The second-order valence-corrected chi connectivity index (χ2v) is 9.52. The largest absolute Gasteiger partial charge is 0.455 e. The quantitative estimate of drug-likeness (QED) is 0.520. The van der Waals surface area contributed by atoms with Crippen molar-refractivity contribution in [2.45, 2.75) is 37.7 Å². The Labute approximate surface area is 193 Å². The number of sulfonamides is 1. The van der Waals surface area contributed by atoms with Crippen molar-refractivity contribution < 1.29 is 31.8 Å². The SMILES string of the molecule is CCCCOC(C)C(=O)Nc1cc(S(=O)(=O)N2CCOCC2)ccc1Oc1ccc(F)cc1. The Kier molecular flexibility index (Phi) is 8.79. The van der Waals surface area contributed by atoms with Gasteiger partial charge in [-0.2, -0.15) is 4.31 Å².